The fraction of sp³-hybridized carbons (Fsp3) is 0.294. The van der Waals surface area contributed by atoms with Crippen LogP contribution in [-0.2, 0) is 0 Å². The quantitative estimate of drug-likeness (QED) is 0.791. The average Bonchev–Trinajstić information content (AvgIpc) is 2.46. The van der Waals surface area contributed by atoms with Crippen molar-refractivity contribution in [3.63, 3.8) is 0 Å². The first-order chi connectivity index (χ1) is 10.1. The summed E-state index contributed by atoms with van der Waals surface area (Å²) in [6.07, 6.45) is 0. The van der Waals surface area contributed by atoms with Gasteiger partial charge < -0.3 is 10.1 Å². The van der Waals surface area contributed by atoms with Crippen molar-refractivity contribution in [1.29, 1.82) is 0 Å². The minimum Gasteiger partial charge on any atom is -0.494 e. The number of halogens is 2. The second-order valence-electron chi connectivity index (χ2n) is 4.86. The minimum atomic E-state index is -0.0172. The summed E-state index contributed by atoms with van der Waals surface area (Å²) in [6, 6.07) is 12.1. The van der Waals surface area contributed by atoms with E-state index in [1.165, 1.54) is 5.56 Å². The van der Waals surface area contributed by atoms with Crippen LogP contribution in [0, 0.1) is 6.92 Å². The SMILES string of the molecule is CCOc1ccc(C)cc1C(NC)c1cc(Br)ccc1Cl. The van der Waals surface area contributed by atoms with Crippen LogP contribution < -0.4 is 10.1 Å². The van der Waals surface area contributed by atoms with E-state index in [0.29, 0.717) is 6.61 Å². The first-order valence-electron chi connectivity index (χ1n) is 6.92. The largest absolute Gasteiger partial charge is 0.494 e. The Kier molecular flexibility index (Phi) is 5.68. The molecule has 0 aliphatic heterocycles. The van der Waals surface area contributed by atoms with Gasteiger partial charge in [0.25, 0.3) is 0 Å². The molecule has 0 amide bonds. The lowest BCUT2D eigenvalue weighted by Crippen LogP contribution is -2.19. The second kappa shape index (κ2) is 7.30. The summed E-state index contributed by atoms with van der Waals surface area (Å²) in [7, 11) is 1.93. The van der Waals surface area contributed by atoms with E-state index in [4.69, 9.17) is 16.3 Å². The monoisotopic (exact) mass is 367 g/mol. The van der Waals surface area contributed by atoms with Gasteiger partial charge in [-0.1, -0.05) is 45.2 Å². The van der Waals surface area contributed by atoms with E-state index in [2.05, 4.69) is 40.3 Å². The Balaban J connectivity index is 2.55. The molecule has 0 aliphatic rings. The molecular formula is C17H19BrClNO. The van der Waals surface area contributed by atoms with Gasteiger partial charge in [0, 0.05) is 15.1 Å². The molecule has 4 heteroatoms. The van der Waals surface area contributed by atoms with Crippen molar-refractivity contribution < 1.29 is 4.74 Å². The highest BCUT2D eigenvalue weighted by atomic mass is 79.9. The molecule has 21 heavy (non-hydrogen) atoms. The van der Waals surface area contributed by atoms with Crippen molar-refractivity contribution >= 4 is 27.5 Å². The van der Waals surface area contributed by atoms with Gasteiger partial charge in [-0.15, -0.1) is 0 Å². The lowest BCUT2D eigenvalue weighted by atomic mass is 9.96. The maximum absolute atomic E-state index is 6.39. The summed E-state index contributed by atoms with van der Waals surface area (Å²) in [5.41, 5.74) is 3.32. The second-order valence-corrected chi connectivity index (χ2v) is 6.18. The standard InChI is InChI=1S/C17H19BrClNO/c1-4-21-16-8-5-11(2)9-14(16)17(20-3)13-10-12(18)6-7-15(13)19/h5-10,17,20H,4H2,1-3H3. The number of hydrogen-bond donors (Lipinski definition) is 1. The molecular weight excluding hydrogens is 350 g/mol. The Morgan fingerprint density at radius 2 is 1.95 bits per heavy atom. The molecule has 0 heterocycles. The van der Waals surface area contributed by atoms with Crippen LogP contribution in [0.2, 0.25) is 5.02 Å². The van der Waals surface area contributed by atoms with Gasteiger partial charge in [-0.3, -0.25) is 0 Å². The van der Waals surface area contributed by atoms with Crippen LogP contribution in [0.1, 0.15) is 29.7 Å². The number of nitrogens with one attached hydrogen (secondary N) is 1. The lowest BCUT2D eigenvalue weighted by molar-refractivity contribution is 0.334. The van der Waals surface area contributed by atoms with Gasteiger partial charge in [-0.05, 0) is 50.7 Å². The molecule has 0 spiro atoms. The zero-order valence-electron chi connectivity index (χ0n) is 12.4. The van der Waals surface area contributed by atoms with Crippen LogP contribution in [0.5, 0.6) is 5.75 Å². The molecule has 0 saturated carbocycles. The maximum atomic E-state index is 6.39. The number of aryl methyl sites for hydroxylation is 1. The number of rotatable bonds is 5. The molecule has 0 aliphatic carbocycles. The van der Waals surface area contributed by atoms with Crippen molar-refractivity contribution in [2.45, 2.75) is 19.9 Å². The Hall–Kier alpha value is -1.03. The highest BCUT2D eigenvalue weighted by Crippen LogP contribution is 2.35. The van der Waals surface area contributed by atoms with Gasteiger partial charge >= 0.3 is 0 Å². The molecule has 1 atom stereocenters. The topological polar surface area (TPSA) is 21.3 Å². The molecule has 112 valence electrons. The van der Waals surface area contributed by atoms with E-state index in [0.717, 1.165) is 26.4 Å². The predicted molar refractivity (Wildman–Crippen MR) is 92.4 cm³/mol. The Bertz CT molecular complexity index is 630. The zero-order chi connectivity index (χ0) is 15.4. The first kappa shape index (κ1) is 16.3. The van der Waals surface area contributed by atoms with E-state index >= 15 is 0 Å². The third-order valence-corrected chi connectivity index (χ3v) is 4.17. The van der Waals surface area contributed by atoms with Crippen LogP contribution in [0.4, 0.5) is 0 Å². The molecule has 2 aromatic rings. The third-order valence-electron chi connectivity index (χ3n) is 3.33. The molecule has 0 saturated heterocycles. The number of ether oxygens (including phenoxy) is 1. The molecule has 2 aromatic carbocycles. The van der Waals surface area contributed by atoms with E-state index in [1.807, 2.05) is 38.2 Å². The Morgan fingerprint density at radius 1 is 1.19 bits per heavy atom. The summed E-state index contributed by atoms with van der Waals surface area (Å²) in [6.45, 7) is 4.71. The van der Waals surface area contributed by atoms with Crippen LogP contribution in [0.25, 0.3) is 0 Å². The molecule has 1 unspecified atom stereocenters. The molecule has 1 N–H and O–H groups in total. The summed E-state index contributed by atoms with van der Waals surface area (Å²) in [4.78, 5) is 0. The van der Waals surface area contributed by atoms with E-state index < -0.39 is 0 Å². The van der Waals surface area contributed by atoms with Crippen molar-refractivity contribution in [2.75, 3.05) is 13.7 Å². The lowest BCUT2D eigenvalue weighted by Gasteiger charge is -2.22. The number of benzene rings is 2. The predicted octanol–water partition coefficient (Wildman–Crippen LogP) is 5.12. The van der Waals surface area contributed by atoms with Crippen LogP contribution >= 0.6 is 27.5 Å². The van der Waals surface area contributed by atoms with Crippen molar-refractivity contribution in [2.24, 2.45) is 0 Å². The summed E-state index contributed by atoms with van der Waals surface area (Å²) < 4.78 is 6.78. The van der Waals surface area contributed by atoms with Crippen molar-refractivity contribution in [1.82, 2.24) is 5.32 Å². The van der Waals surface area contributed by atoms with Crippen molar-refractivity contribution in [3.05, 3.63) is 62.6 Å². The van der Waals surface area contributed by atoms with Gasteiger partial charge in [0.1, 0.15) is 5.75 Å². The Morgan fingerprint density at radius 3 is 2.62 bits per heavy atom. The van der Waals surface area contributed by atoms with Crippen LogP contribution in [-0.4, -0.2) is 13.7 Å². The molecule has 0 bridgehead atoms. The molecule has 0 aromatic heterocycles. The van der Waals surface area contributed by atoms with Crippen molar-refractivity contribution in [3.8, 4) is 5.75 Å². The van der Waals surface area contributed by atoms with E-state index in [-0.39, 0.29) is 6.04 Å². The highest BCUT2D eigenvalue weighted by molar-refractivity contribution is 9.10. The van der Waals surface area contributed by atoms with Crippen LogP contribution in [0.15, 0.2) is 40.9 Å². The molecule has 2 rings (SSSR count). The third kappa shape index (κ3) is 3.79. The van der Waals surface area contributed by atoms with Gasteiger partial charge in [-0.25, -0.2) is 0 Å². The molecule has 0 radical (unpaired) electrons. The molecule has 0 fully saturated rings. The van der Waals surface area contributed by atoms with E-state index in [1.54, 1.807) is 0 Å². The van der Waals surface area contributed by atoms with Crippen LogP contribution in [0.3, 0.4) is 0 Å². The maximum Gasteiger partial charge on any atom is 0.124 e. The summed E-state index contributed by atoms with van der Waals surface area (Å²) in [5, 5.41) is 4.08. The normalized spacial score (nSPS) is 12.2. The van der Waals surface area contributed by atoms with Gasteiger partial charge in [0.2, 0.25) is 0 Å². The first-order valence-corrected chi connectivity index (χ1v) is 8.09. The smallest absolute Gasteiger partial charge is 0.124 e. The highest BCUT2D eigenvalue weighted by Gasteiger charge is 2.19. The summed E-state index contributed by atoms with van der Waals surface area (Å²) >= 11 is 9.90. The fourth-order valence-corrected chi connectivity index (χ4v) is 3.00. The zero-order valence-corrected chi connectivity index (χ0v) is 14.8. The van der Waals surface area contributed by atoms with Gasteiger partial charge in [0.05, 0.1) is 12.6 Å². The summed E-state index contributed by atoms with van der Waals surface area (Å²) in [5.74, 6) is 0.887. The average molecular weight is 369 g/mol. The Labute approximate surface area is 139 Å². The van der Waals surface area contributed by atoms with E-state index in [9.17, 15) is 0 Å². The molecule has 2 nitrogen and oxygen atoms in total. The number of hydrogen-bond acceptors (Lipinski definition) is 2. The fourth-order valence-electron chi connectivity index (χ4n) is 2.39. The van der Waals surface area contributed by atoms with Gasteiger partial charge in [0.15, 0.2) is 0 Å². The minimum absolute atomic E-state index is 0.0172. The van der Waals surface area contributed by atoms with Gasteiger partial charge in [-0.2, -0.15) is 0 Å².